The molecule has 28 heavy (non-hydrogen) atoms. The Morgan fingerprint density at radius 3 is 1.25 bits per heavy atom. The third kappa shape index (κ3) is 2.25. The van der Waals surface area contributed by atoms with Crippen LogP contribution in [0.4, 0.5) is 0 Å². The van der Waals surface area contributed by atoms with Gasteiger partial charge in [0, 0.05) is 20.9 Å². The molecule has 2 aliphatic rings. The molecular formula is C24H12O2S2. The Morgan fingerprint density at radius 2 is 0.857 bits per heavy atom. The number of allylic oxidation sites excluding steroid dienone is 2. The second-order valence-corrected chi connectivity index (χ2v) is 9.02. The minimum atomic E-state index is -0.0426. The van der Waals surface area contributed by atoms with Crippen LogP contribution in [-0.2, 0) is 0 Å². The highest BCUT2D eigenvalue weighted by Crippen LogP contribution is 2.50. The van der Waals surface area contributed by atoms with E-state index < -0.39 is 0 Å². The summed E-state index contributed by atoms with van der Waals surface area (Å²) >= 11 is 2.85. The summed E-state index contributed by atoms with van der Waals surface area (Å²) in [4.78, 5) is 29.2. The fraction of sp³-hybridized carbons (Fsp3) is 0. The fourth-order valence-corrected chi connectivity index (χ4v) is 6.18. The molecule has 0 atom stereocenters. The third-order valence-electron chi connectivity index (χ3n) is 5.23. The highest BCUT2D eigenvalue weighted by atomic mass is 32.2. The molecular weight excluding hydrogens is 384 g/mol. The van der Waals surface area contributed by atoms with Crippen molar-refractivity contribution >= 4 is 56.6 Å². The van der Waals surface area contributed by atoms with Crippen molar-refractivity contribution in [1.29, 1.82) is 0 Å². The van der Waals surface area contributed by atoms with Crippen molar-refractivity contribution in [1.82, 2.24) is 0 Å². The maximum atomic E-state index is 13.1. The quantitative estimate of drug-likeness (QED) is 0.319. The summed E-state index contributed by atoms with van der Waals surface area (Å²) in [7, 11) is 0. The maximum absolute atomic E-state index is 13.1. The van der Waals surface area contributed by atoms with E-state index in [2.05, 4.69) is 0 Å². The van der Waals surface area contributed by atoms with Crippen LogP contribution in [0.2, 0.25) is 0 Å². The largest absolute Gasteiger partial charge is 0.288 e. The Balaban J connectivity index is 1.49. The van der Waals surface area contributed by atoms with Crippen molar-refractivity contribution in [2.24, 2.45) is 0 Å². The number of rotatable bonds is 0. The maximum Gasteiger partial charge on any atom is 0.202 e. The van der Waals surface area contributed by atoms with Crippen molar-refractivity contribution in [3.05, 3.63) is 93.7 Å². The van der Waals surface area contributed by atoms with E-state index in [4.69, 9.17) is 0 Å². The number of hydrogen-bond donors (Lipinski definition) is 0. The van der Waals surface area contributed by atoms with Gasteiger partial charge in [0.15, 0.2) is 0 Å². The molecule has 4 heteroatoms. The summed E-state index contributed by atoms with van der Waals surface area (Å²) in [5.74, 6) is -0.0853. The number of benzene rings is 4. The van der Waals surface area contributed by atoms with Crippen molar-refractivity contribution < 1.29 is 9.59 Å². The molecule has 132 valence electrons. The molecule has 0 fully saturated rings. The molecule has 0 bridgehead atoms. The van der Waals surface area contributed by atoms with Crippen molar-refractivity contribution in [2.75, 3.05) is 0 Å². The normalized spacial score (nSPS) is 18.1. The van der Waals surface area contributed by atoms with E-state index >= 15 is 0 Å². The Labute approximate surface area is 169 Å². The monoisotopic (exact) mass is 396 g/mol. The lowest BCUT2D eigenvalue weighted by Crippen LogP contribution is -2.02. The van der Waals surface area contributed by atoms with Crippen LogP contribution in [-0.4, -0.2) is 11.6 Å². The van der Waals surface area contributed by atoms with E-state index in [0.717, 1.165) is 31.3 Å². The van der Waals surface area contributed by atoms with Gasteiger partial charge < -0.3 is 0 Å². The predicted octanol–water partition coefficient (Wildman–Crippen LogP) is 6.48. The first kappa shape index (κ1) is 16.2. The molecule has 0 saturated heterocycles. The first-order valence-electron chi connectivity index (χ1n) is 8.94. The number of thioether (sulfide) groups is 2. The zero-order valence-electron chi connectivity index (χ0n) is 14.6. The number of carbonyl (C=O) groups excluding carboxylic acids is 2. The van der Waals surface area contributed by atoms with Gasteiger partial charge in [0.25, 0.3) is 0 Å². The Bertz CT molecular complexity index is 1290. The van der Waals surface area contributed by atoms with Gasteiger partial charge in [-0.1, -0.05) is 72.1 Å². The molecule has 0 amide bonds. The standard InChI is InChI=1S/C24H12O2S2/c25-21-17-9-13-5-1-3-7-15(13)11-19(17)27-23(21)24-22(26)18-10-14-6-2-4-8-16(14)12-20(18)28-24/h1-12H/b24-23+. The lowest BCUT2D eigenvalue weighted by Gasteiger charge is -2.00. The Kier molecular flexibility index (Phi) is 3.37. The molecule has 2 nitrogen and oxygen atoms in total. The number of hydrogen-bond acceptors (Lipinski definition) is 4. The van der Waals surface area contributed by atoms with Crippen LogP contribution in [0.5, 0.6) is 0 Å². The van der Waals surface area contributed by atoms with Crippen LogP contribution >= 0.6 is 23.5 Å². The van der Waals surface area contributed by atoms with Crippen LogP contribution in [0, 0.1) is 0 Å². The van der Waals surface area contributed by atoms with Crippen LogP contribution in [0.1, 0.15) is 20.7 Å². The first-order chi connectivity index (χ1) is 13.7. The van der Waals surface area contributed by atoms with Crippen molar-refractivity contribution in [2.45, 2.75) is 9.79 Å². The van der Waals surface area contributed by atoms with Gasteiger partial charge in [-0.2, -0.15) is 0 Å². The summed E-state index contributed by atoms with van der Waals surface area (Å²) in [6, 6.07) is 24.0. The van der Waals surface area contributed by atoms with Crippen LogP contribution in [0.3, 0.4) is 0 Å². The first-order valence-corrected chi connectivity index (χ1v) is 10.6. The van der Waals surface area contributed by atoms with Gasteiger partial charge in [0.05, 0.1) is 9.81 Å². The fourth-order valence-electron chi connectivity index (χ4n) is 3.82. The van der Waals surface area contributed by atoms with Crippen LogP contribution in [0.25, 0.3) is 21.5 Å². The zero-order chi connectivity index (χ0) is 18.8. The molecule has 2 aliphatic heterocycles. The molecule has 4 aromatic carbocycles. The molecule has 0 spiro atoms. The molecule has 0 unspecified atom stereocenters. The summed E-state index contributed by atoms with van der Waals surface area (Å²) < 4.78 is 0. The highest BCUT2D eigenvalue weighted by Gasteiger charge is 2.36. The molecule has 0 saturated carbocycles. The summed E-state index contributed by atoms with van der Waals surface area (Å²) in [5.41, 5.74) is 1.39. The van der Waals surface area contributed by atoms with E-state index in [1.807, 2.05) is 72.8 Å². The average Bonchev–Trinajstić information content (AvgIpc) is 3.21. The zero-order valence-corrected chi connectivity index (χ0v) is 16.2. The second-order valence-electron chi connectivity index (χ2n) is 6.91. The van der Waals surface area contributed by atoms with Crippen molar-refractivity contribution in [3.8, 4) is 0 Å². The lowest BCUT2D eigenvalue weighted by molar-refractivity contribution is 0.101. The van der Waals surface area contributed by atoms with Gasteiger partial charge in [-0.3, -0.25) is 9.59 Å². The molecule has 0 N–H and O–H groups in total. The van der Waals surface area contributed by atoms with Gasteiger partial charge in [-0.15, -0.1) is 0 Å². The minimum Gasteiger partial charge on any atom is -0.288 e. The van der Waals surface area contributed by atoms with E-state index in [9.17, 15) is 9.59 Å². The molecule has 4 aromatic rings. The van der Waals surface area contributed by atoms with E-state index in [0.29, 0.717) is 20.9 Å². The summed E-state index contributed by atoms with van der Waals surface area (Å²) in [5, 5.41) is 4.29. The van der Waals surface area contributed by atoms with Gasteiger partial charge in [-0.05, 0) is 45.8 Å². The SMILES string of the molecule is O=C1/C(=C2\Sc3cc4ccccc4cc3C2=O)Sc2cc3ccccc3cc21. The van der Waals surface area contributed by atoms with E-state index in [1.165, 1.54) is 23.5 Å². The van der Waals surface area contributed by atoms with E-state index in [-0.39, 0.29) is 11.6 Å². The molecule has 6 rings (SSSR count). The molecule has 0 radical (unpaired) electrons. The average molecular weight is 396 g/mol. The summed E-state index contributed by atoms with van der Waals surface area (Å²) in [6.07, 6.45) is 0. The minimum absolute atomic E-state index is 0.0426. The third-order valence-corrected chi connectivity index (χ3v) is 7.66. The van der Waals surface area contributed by atoms with Crippen LogP contribution in [0.15, 0.2) is 92.4 Å². The lowest BCUT2D eigenvalue weighted by atomic mass is 10.0. The number of carbonyl (C=O) groups is 2. The number of Topliss-reactive ketones (excluding diaryl/α,β-unsaturated/α-hetero) is 2. The molecule has 2 heterocycles. The highest BCUT2D eigenvalue weighted by molar-refractivity contribution is 8.08. The topological polar surface area (TPSA) is 34.1 Å². The van der Waals surface area contributed by atoms with Gasteiger partial charge >= 0.3 is 0 Å². The summed E-state index contributed by atoms with van der Waals surface area (Å²) in [6.45, 7) is 0. The van der Waals surface area contributed by atoms with Gasteiger partial charge in [0.2, 0.25) is 11.6 Å². The molecule has 0 aromatic heterocycles. The van der Waals surface area contributed by atoms with Crippen molar-refractivity contribution in [3.63, 3.8) is 0 Å². The number of fused-ring (bicyclic) bond motifs is 4. The van der Waals surface area contributed by atoms with Gasteiger partial charge in [-0.25, -0.2) is 0 Å². The Hall–Kier alpha value is -2.82. The van der Waals surface area contributed by atoms with Crippen LogP contribution < -0.4 is 0 Å². The smallest absolute Gasteiger partial charge is 0.202 e. The van der Waals surface area contributed by atoms with Gasteiger partial charge in [0.1, 0.15) is 0 Å². The molecule has 0 aliphatic carbocycles. The number of ketones is 2. The second kappa shape index (κ2) is 5.84. The van der Waals surface area contributed by atoms with E-state index in [1.54, 1.807) is 0 Å². The predicted molar refractivity (Wildman–Crippen MR) is 115 cm³/mol. The Morgan fingerprint density at radius 1 is 0.500 bits per heavy atom.